The first-order valence-corrected chi connectivity index (χ1v) is 9.02. The summed E-state index contributed by atoms with van der Waals surface area (Å²) in [5.41, 5.74) is 1.29. The molecule has 1 amide bonds. The predicted octanol–water partition coefficient (Wildman–Crippen LogP) is 5.92. The van der Waals surface area contributed by atoms with Crippen LogP contribution in [0.15, 0.2) is 66.7 Å². The van der Waals surface area contributed by atoms with Crippen LogP contribution in [0.5, 0.6) is 5.75 Å². The van der Waals surface area contributed by atoms with E-state index in [1.54, 1.807) is 42.5 Å². The van der Waals surface area contributed by atoms with E-state index in [0.717, 1.165) is 17.7 Å². The van der Waals surface area contributed by atoms with E-state index in [-0.39, 0.29) is 23.7 Å². The molecule has 0 unspecified atom stereocenters. The molecule has 152 valence electrons. The highest BCUT2D eigenvalue weighted by Gasteiger charge is 2.33. The number of nitrogens with one attached hydrogen (secondary N) is 1. The van der Waals surface area contributed by atoms with E-state index in [1.807, 2.05) is 0 Å². The monoisotopic (exact) mass is 413 g/mol. The molecule has 0 saturated heterocycles. The number of carbonyl (C=O) groups excluding carboxylic acids is 1. The van der Waals surface area contributed by atoms with Gasteiger partial charge in [-0.2, -0.15) is 13.2 Å². The van der Waals surface area contributed by atoms with Crippen LogP contribution in [0.3, 0.4) is 0 Å². The average Bonchev–Trinajstić information content (AvgIpc) is 3.02. The Morgan fingerprint density at radius 3 is 2.43 bits per heavy atom. The lowest BCUT2D eigenvalue weighted by Gasteiger charge is -2.10. The number of ether oxygens (including phenoxy) is 1. The second kappa shape index (κ2) is 7.67. The molecule has 0 atom stereocenters. The number of alkyl halides is 3. The Balaban J connectivity index is 1.63. The first kappa shape index (κ1) is 19.7. The molecule has 3 nitrogen and oxygen atoms in total. The third-order valence-electron chi connectivity index (χ3n) is 4.66. The minimum Gasteiger partial charge on any atom is -0.488 e. The second-order valence-electron chi connectivity index (χ2n) is 6.72. The Bertz CT molecular complexity index is 1130. The van der Waals surface area contributed by atoms with Crippen molar-refractivity contribution < 1.29 is 27.1 Å². The van der Waals surface area contributed by atoms with Crippen LogP contribution in [-0.4, -0.2) is 5.91 Å². The molecule has 1 heterocycles. The fourth-order valence-corrected chi connectivity index (χ4v) is 3.14. The molecule has 4 rings (SSSR count). The van der Waals surface area contributed by atoms with Crippen LogP contribution in [-0.2, 0) is 17.6 Å². The van der Waals surface area contributed by atoms with E-state index in [9.17, 15) is 22.4 Å². The van der Waals surface area contributed by atoms with Gasteiger partial charge in [0.25, 0.3) is 5.91 Å². The summed E-state index contributed by atoms with van der Waals surface area (Å²) >= 11 is 0. The van der Waals surface area contributed by atoms with Crippen molar-refractivity contribution in [3.8, 4) is 5.75 Å². The Morgan fingerprint density at radius 2 is 1.70 bits per heavy atom. The van der Waals surface area contributed by atoms with Crippen molar-refractivity contribution in [1.82, 2.24) is 0 Å². The molecule has 0 bridgehead atoms. The van der Waals surface area contributed by atoms with Gasteiger partial charge in [0.15, 0.2) is 0 Å². The maximum absolute atomic E-state index is 13.0. The summed E-state index contributed by atoms with van der Waals surface area (Å²) in [7, 11) is 0. The van der Waals surface area contributed by atoms with Crippen molar-refractivity contribution in [3.63, 3.8) is 0 Å². The molecule has 0 saturated carbocycles. The Hall–Kier alpha value is -3.61. The lowest BCUT2D eigenvalue weighted by molar-refractivity contribution is -0.137. The van der Waals surface area contributed by atoms with Gasteiger partial charge in [-0.15, -0.1) is 0 Å². The van der Waals surface area contributed by atoms with E-state index in [4.69, 9.17) is 4.74 Å². The van der Waals surface area contributed by atoms with Gasteiger partial charge in [-0.25, -0.2) is 4.39 Å². The first-order chi connectivity index (χ1) is 14.3. The number of hydrogen-bond acceptors (Lipinski definition) is 2. The fraction of sp³-hybridized carbons (Fsp3) is 0.0870. The molecule has 3 aromatic rings. The highest BCUT2D eigenvalue weighted by atomic mass is 19.4. The lowest BCUT2D eigenvalue weighted by atomic mass is 10.0. The number of hydrogen-bond donors (Lipinski definition) is 1. The van der Waals surface area contributed by atoms with Gasteiger partial charge in [-0.3, -0.25) is 4.79 Å². The third-order valence-corrected chi connectivity index (χ3v) is 4.66. The van der Waals surface area contributed by atoms with Gasteiger partial charge in [-0.05, 0) is 42.0 Å². The molecule has 0 aliphatic carbocycles. The van der Waals surface area contributed by atoms with Crippen LogP contribution in [0.2, 0.25) is 0 Å². The van der Waals surface area contributed by atoms with E-state index in [0.29, 0.717) is 16.9 Å². The molecule has 0 aromatic heterocycles. The number of anilines is 1. The maximum atomic E-state index is 13.0. The summed E-state index contributed by atoms with van der Waals surface area (Å²) in [4.78, 5) is 12.4. The Morgan fingerprint density at radius 1 is 0.967 bits per heavy atom. The zero-order valence-electron chi connectivity index (χ0n) is 15.5. The number of halogens is 4. The van der Waals surface area contributed by atoms with Crippen LogP contribution >= 0.6 is 0 Å². The van der Waals surface area contributed by atoms with Crippen molar-refractivity contribution in [3.05, 3.63) is 94.8 Å². The normalized spacial score (nSPS) is 14.5. The van der Waals surface area contributed by atoms with Gasteiger partial charge in [-0.1, -0.05) is 36.4 Å². The zero-order chi connectivity index (χ0) is 21.3. The first-order valence-electron chi connectivity index (χ1n) is 9.02. The summed E-state index contributed by atoms with van der Waals surface area (Å²) in [6.07, 6.45) is -2.92. The molecule has 0 spiro atoms. The molecule has 0 fully saturated rings. The van der Waals surface area contributed by atoms with Gasteiger partial charge in [0.05, 0.1) is 5.56 Å². The summed E-state index contributed by atoms with van der Waals surface area (Å²) in [5, 5.41) is 2.48. The van der Waals surface area contributed by atoms with Crippen LogP contribution in [0, 0.1) is 5.82 Å². The van der Waals surface area contributed by atoms with Crippen molar-refractivity contribution in [2.45, 2.75) is 12.8 Å². The van der Waals surface area contributed by atoms with Crippen molar-refractivity contribution in [2.24, 2.45) is 0 Å². The molecule has 1 aliphatic heterocycles. The van der Waals surface area contributed by atoms with Gasteiger partial charge < -0.3 is 10.1 Å². The number of fused-ring (bicyclic) bond motifs is 1. The molecular formula is C23H15F4NO2. The third kappa shape index (κ3) is 4.05. The minimum atomic E-state index is -4.49. The van der Waals surface area contributed by atoms with Gasteiger partial charge in [0, 0.05) is 22.4 Å². The SMILES string of the molecule is O=C1Nc2cc(C(F)(F)F)ccc2/C1=C/c1ccccc1OCc1ccc(F)cc1. The molecule has 1 aliphatic rings. The molecule has 30 heavy (non-hydrogen) atoms. The van der Waals surface area contributed by atoms with Crippen LogP contribution in [0.4, 0.5) is 23.2 Å². The Labute approximate surface area is 169 Å². The summed E-state index contributed by atoms with van der Waals surface area (Å²) in [6, 6.07) is 16.0. The second-order valence-corrected chi connectivity index (χ2v) is 6.72. The van der Waals surface area contributed by atoms with E-state index >= 15 is 0 Å². The van der Waals surface area contributed by atoms with Gasteiger partial charge in [0.1, 0.15) is 18.2 Å². The highest BCUT2D eigenvalue weighted by Crippen LogP contribution is 2.39. The molecule has 0 radical (unpaired) electrons. The number of rotatable bonds is 4. The van der Waals surface area contributed by atoms with Crippen molar-refractivity contribution >= 4 is 23.2 Å². The summed E-state index contributed by atoms with van der Waals surface area (Å²) in [5.74, 6) is -0.344. The highest BCUT2D eigenvalue weighted by molar-refractivity contribution is 6.35. The molecular weight excluding hydrogens is 398 g/mol. The number of carbonyl (C=O) groups is 1. The molecule has 1 N–H and O–H groups in total. The summed E-state index contributed by atoms with van der Waals surface area (Å²) in [6.45, 7) is 0.193. The Kier molecular flexibility index (Phi) is 5.03. The minimum absolute atomic E-state index is 0.116. The van der Waals surface area contributed by atoms with Crippen LogP contribution in [0.1, 0.15) is 22.3 Å². The average molecular weight is 413 g/mol. The van der Waals surface area contributed by atoms with Crippen molar-refractivity contribution in [2.75, 3.05) is 5.32 Å². The fourth-order valence-electron chi connectivity index (χ4n) is 3.14. The van der Waals surface area contributed by atoms with Gasteiger partial charge in [0.2, 0.25) is 0 Å². The zero-order valence-corrected chi connectivity index (χ0v) is 15.5. The van der Waals surface area contributed by atoms with Gasteiger partial charge >= 0.3 is 6.18 Å². The standard InChI is InChI=1S/C23H15F4NO2/c24-17-8-5-14(6-9-17)13-30-21-4-2-1-3-15(21)11-19-18-10-7-16(23(25,26)27)12-20(18)28-22(19)29/h1-12H,13H2,(H,28,29)/b19-11-. The smallest absolute Gasteiger partial charge is 0.416 e. The van der Waals surface area contributed by atoms with Crippen LogP contribution < -0.4 is 10.1 Å². The lowest BCUT2D eigenvalue weighted by Crippen LogP contribution is -2.06. The van der Waals surface area contributed by atoms with Crippen molar-refractivity contribution in [1.29, 1.82) is 0 Å². The largest absolute Gasteiger partial charge is 0.488 e. The van der Waals surface area contributed by atoms with E-state index in [2.05, 4.69) is 5.32 Å². The topological polar surface area (TPSA) is 38.3 Å². The van der Waals surface area contributed by atoms with E-state index < -0.39 is 17.6 Å². The predicted molar refractivity (Wildman–Crippen MR) is 105 cm³/mol. The number of benzene rings is 3. The number of para-hydroxylation sites is 1. The molecule has 3 aromatic carbocycles. The van der Waals surface area contributed by atoms with E-state index in [1.165, 1.54) is 18.2 Å². The molecule has 7 heteroatoms. The quantitative estimate of drug-likeness (QED) is 0.426. The van der Waals surface area contributed by atoms with Crippen LogP contribution in [0.25, 0.3) is 11.6 Å². The number of amides is 1. The summed E-state index contributed by atoms with van der Waals surface area (Å²) < 4.78 is 57.7. The maximum Gasteiger partial charge on any atom is 0.416 e.